The van der Waals surface area contributed by atoms with Gasteiger partial charge in [-0.15, -0.1) is 11.3 Å². The van der Waals surface area contributed by atoms with E-state index in [2.05, 4.69) is 15.2 Å². The third-order valence-electron chi connectivity index (χ3n) is 4.35. The summed E-state index contributed by atoms with van der Waals surface area (Å²) in [6.07, 6.45) is 1.35. The molecule has 0 aliphatic carbocycles. The molecule has 0 bridgehead atoms. The molecule has 1 aromatic carbocycles. The van der Waals surface area contributed by atoms with Crippen LogP contribution in [0.2, 0.25) is 4.34 Å². The van der Waals surface area contributed by atoms with Crippen molar-refractivity contribution in [2.45, 2.75) is 10.6 Å². The third-order valence-corrected chi connectivity index (χ3v) is 7.84. The zero-order valence-corrected chi connectivity index (χ0v) is 17.7. The fourth-order valence-electron chi connectivity index (χ4n) is 2.94. The van der Waals surface area contributed by atoms with Gasteiger partial charge in [-0.2, -0.15) is 5.10 Å². The van der Waals surface area contributed by atoms with Crippen LogP contribution in [0, 0.1) is 0 Å². The maximum atomic E-state index is 12.6. The summed E-state index contributed by atoms with van der Waals surface area (Å²) < 4.78 is 25.0. The van der Waals surface area contributed by atoms with Crippen LogP contribution in [0.3, 0.4) is 0 Å². The average molecular weight is 460 g/mol. The van der Waals surface area contributed by atoms with Crippen molar-refractivity contribution in [3.8, 4) is 11.4 Å². The topological polar surface area (TPSA) is 110 Å². The summed E-state index contributed by atoms with van der Waals surface area (Å²) in [5.74, 6) is -1.08. The summed E-state index contributed by atoms with van der Waals surface area (Å²) in [6.45, 7) is 0. The lowest BCUT2D eigenvalue weighted by Gasteiger charge is -2.04. The Labute approximate surface area is 180 Å². The molecule has 152 valence electrons. The van der Waals surface area contributed by atoms with E-state index in [4.69, 9.17) is 11.6 Å². The Morgan fingerprint density at radius 3 is 2.60 bits per heavy atom. The molecule has 10 heteroatoms. The van der Waals surface area contributed by atoms with E-state index in [-0.39, 0.29) is 21.8 Å². The Morgan fingerprint density at radius 1 is 1.10 bits per heavy atom. The molecule has 0 unspecified atom stereocenters. The van der Waals surface area contributed by atoms with E-state index in [0.29, 0.717) is 26.5 Å². The number of sulfone groups is 1. The summed E-state index contributed by atoms with van der Waals surface area (Å²) in [7, 11) is -3.73. The molecule has 0 amide bonds. The lowest BCUT2D eigenvalue weighted by molar-refractivity contribution is -0.116. The molecule has 0 spiro atoms. The third kappa shape index (κ3) is 4.18. The Hall–Kier alpha value is -2.88. The van der Waals surface area contributed by atoms with Crippen molar-refractivity contribution in [2.24, 2.45) is 0 Å². The number of H-pyrrole nitrogens is 1. The monoisotopic (exact) mass is 459 g/mol. The van der Waals surface area contributed by atoms with E-state index in [1.54, 1.807) is 36.4 Å². The Balaban J connectivity index is 1.51. The fourth-order valence-corrected chi connectivity index (χ4v) is 5.75. The van der Waals surface area contributed by atoms with Crippen molar-refractivity contribution in [1.82, 2.24) is 15.2 Å². The predicted octanol–water partition coefficient (Wildman–Crippen LogP) is 3.29. The number of thiophene rings is 1. The van der Waals surface area contributed by atoms with Gasteiger partial charge in [0.15, 0.2) is 21.3 Å². The van der Waals surface area contributed by atoms with Gasteiger partial charge in [-0.3, -0.25) is 19.7 Å². The first-order valence-electron chi connectivity index (χ1n) is 8.76. The number of hydrogen-bond donors (Lipinski definition) is 1. The first-order chi connectivity index (χ1) is 14.3. The molecule has 3 aromatic heterocycles. The van der Waals surface area contributed by atoms with Crippen LogP contribution in [-0.2, 0) is 21.1 Å². The zero-order chi connectivity index (χ0) is 21.3. The van der Waals surface area contributed by atoms with E-state index in [9.17, 15) is 18.0 Å². The normalized spacial score (nSPS) is 11.6. The summed E-state index contributed by atoms with van der Waals surface area (Å²) in [5, 5.41) is 7.43. The van der Waals surface area contributed by atoms with Crippen molar-refractivity contribution in [1.29, 1.82) is 0 Å². The number of hydrogen-bond acceptors (Lipinski definition) is 7. The molecule has 0 saturated heterocycles. The van der Waals surface area contributed by atoms with Crippen LogP contribution in [0.4, 0.5) is 0 Å². The minimum Gasteiger partial charge on any atom is -0.298 e. The van der Waals surface area contributed by atoms with E-state index in [1.807, 2.05) is 0 Å². The molecule has 0 aliphatic rings. The second-order valence-electron chi connectivity index (χ2n) is 6.53. The van der Waals surface area contributed by atoms with Gasteiger partial charge in [0.05, 0.1) is 15.5 Å². The molecule has 1 N–H and O–H groups in total. The second kappa shape index (κ2) is 8.10. The number of benzene rings is 1. The van der Waals surface area contributed by atoms with Crippen LogP contribution < -0.4 is 5.43 Å². The van der Waals surface area contributed by atoms with Crippen LogP contribution in [0.15, 0.2) is 63.7 Å². The Bertz CT molecular complexity index is 1410. The maximum absolute atomic E-state index is 12.6. The van der Waals surface area contributed by atoms with E-state index >= 15 is 0 Å². The minimum absolute atomic E-state index is 0.0657. The number of halogens is 1. The smallest absolute Gasteiger partial charge is 0.217 e. The van der Waals surface area contributed by atoms with Gasteiger partial charge in [0.25, 0.3) is 0 Å². The summed E-state index contributed by atoms with van der Waals surface area (Å²) in [4.78, 5) is 29.1. The number of carbonyl (C=O) groups is 1. The molecule has 4 rings (SSSR count). The molecule has 7 nitrogen and oxygen atoms in total. The van der Waals surface area contributed by atoms with Gasteiger partial charge < -0.3 is 0 Å². The van der Waals surface area contributed by atoms with Gasteiger partial charge in [-0.1, -0.05) is 29.8 Å². The number of Topliss-reactive ketones (excluding diaryl/α,β-unsaturated/α-hetero) is 1. The molecule has 0 saturated carbocycles. The molecule has 0 atom stereocenters. The zero-order valence-electron chi connectivity index (χ0n) is 15.3. The van der Waals surface area contributed by atoms with E-state index in [0.717, 1.165) is 11.3 Å². The minimum atomic E-state index is -3.73. The van der Waals surface area contributed by atoms with Crippen molar-refractivity contribution < 1.29 is 13.2 Å². The quantitative estimate of drug-likeness (QED) is 0.473. The number of rotatable bonds is 6. The van der Waals surface area contributed by atoms with Crippen LogP contribution >= 0.6 is 22.9 Å². The Kier molecular flexibility index (Phi) is 5.50. The number of para-hydroxylation sites is 1. The number of ketones is 1. The number of nitrogens with zero attached hydrogens (tertiary/aromatic N) is 2. The molecule has 30 heavy (non-hydrogen) atoms. The van der Waals surface area contributed by atoms with Crippen molar-refractivity contribution in [2.75, 3.05) is 5.75 Å². The first kappa shape index (κ1) is 20.4. The van der Waals surface area contributed by atoms with Crippen molar-refractivity contribution in [3.05, 3.63) is 74.9 Å². The lowest BCUT2D eigenvalue weighted by atomic mass is 10.1. The summed E-state index contributed by atoms with van der Waals surface area (Å²) in [5.41, 5.74) is 1.45. The largest absolute Gasteiger partial charge is 0.298 e. The summed E-state index contributed by atoms with van der Waals surface area (Å²) >= 11 is 6.69. The average Bonchev–Trinajstić information content (AvgIpc) is 3.16. The maximum Gasteiger partial charge on any atom is 0.217 e. The van der Waals surface area contributed by atoms with Gasteiger partial charge >= 0.3 is 0 Å². The molecule has 0 radical (unpaired) electrons. The number of pyridine rings is 1. The fraction of sp³-hybridized carbons (Fsp3) is 0.100. The van der Waals surface area contributed by atoms with Gasteiger partial charge in [0, 0.05) is 18.0 Å². The molecule has 0 aliphatic heterocycles. The van der Waals surface area contributed by atoms with E-state index < -0.39 is 21.4 Å². The van der Waals surface area contributed by atoms with E-state index in [1.165, 1.54) is 18.3 Å². The van der Waals surface area contributed by atoms with Crippen molar-refractivity contribution in [3.63, 3.8) is 0 Å². The molecular weight excluding hydrogens is 446 g/mol. The van der Waals surface area contributed by atoms with Crippen LogP contribution in [0.1, 0.15) is 5.56 Å². The highest BCUT2D eigenvalue weighted by Crippen LogP contribution is 2.26. The molecule has 3 heterocycles. The van der Waals surface area contributed by atoms with Gasteiger partial charge in [-0.25, -0.2) is 8.42 Å². The van der Waals surface area contributed by atoms with Crippen LogP contribution in [0.5, 0.6) is 0 Å². The molecular formula is C20H14ClN3O4S2. The summed E-state index contributed by atoms with van der Waals surface area (Å²) in [6, 6.07) is 13.1. The van der Waals surface area contributed by atoms with Crippen LogP contribution in [0.25, 0.3) is 22.3 Å². The number of aromatic amines is 1. The van der Waals surface area contributed by atoms with Gasteiger partial charge in [0.2, 0.25) is 5.43 Å². The second-order valence-corrected chi connectivity index (χ2v) is 10.5. The predicted molar refractivity (Wildman–Crippen MR) is 116 cm³/mol. The highest BCUT2D eigenvalue weighted by molar-refractivity contribution is 7.94. The van der Waals surface area contributed by atoms with Gasteiger partial charge in [-0.05, 0) is 35.9 Å². The van der Waals surface area contributed by atoms with Gasteiger partial charge in [0.1, 0.15) is 9.96 Å². The number of carbonyl (C=O) groups excluding carboxylic acids is 1. The van der Waals surface area contributed by atoms with Crippen molar-refractivity contribution >= 4 is 49.5 Å². The lowest BCUT2D eigenvalue weighted by Crippen LogP contribution is -2.17. The first-order valence-corrected chi connectivity index (χ1v) is 11.6. The standard InChI is InChI=1S/C20H14ClN3O4S2/c21-17-7-8-18(29-17)30(27,28)11-13(25)9-12-5-6-16(22-10-12)19-20(26)14-3-1-2-4-15(14)23-24-19/h1-8,10H,9,11H2,(H,23,26). The highest BCUT2D eigenvalue weighted by atomic mass is 35.5. The molecule has 0 fully saturated rings. The number of aromatic nitrogens is 3. The number of fused-ring (bicyclic) bond motifs is 1. The van der Waals surface area contributed by atoms with Crippen LogP contribution in [-0.4, -0.2) is 35.1 Å². The molecule has 4 aromatic rings. The number of nitrogens with one attached hydrogen (secondary N) is 1. The highest BCUT2D eigenvalue weighted by Gasteiger charge is 2.21. The Morgan fingerprint density at radius 2 is 1.90 bits per heavy atom. The SMILES string of the molecule is O=C(Cc1ccc(-c2n[nH]c3ccccc3c2=O)nc1)CS(=O)(=O)c1ccc(Cl)s1.